The summed E-state index contributed by atoms with van der Waals surface area (Å²) in [6, 6.07) is 8.09. The maximum absolute atomic E-state index is 11.9. The van der Waals surface area contributed by atoms with Gasteiger partial charge in [0.05, 0.1) is 12.7 Å². The van der Waals surface area contributed by atoms with E-state index in [-0.39, 0.29) is 18.6 Å². The Balaban J connectivity index is 1.41. The summed E-state index contributed by atoms with van der Waals surface area (Å²) in [4.78, 5) is 14.3. The number of carbonyl (C=O) groups excluding carboxylic acids is 1. The highest BCUT2D eigenvalue weighted by Crippen LogP contribution is 2.24. The van der Waals surface area contributed by atoms with Crippen LogP contribution >= 0.6 is 0 Å². The van der Waals surface area contributed by atoms with Crippen LogP contribution in [0.5, 0.6) is 0 Å². The number of ether oxygens (including phenoxy) is 2. The highest BCUT2D eigenvalue weighted by molar-refractivity contribution is 5.91. The van der Waals surface area contributed by atoms with Crippen LogP contribution in [0.25, 0.3) is 0 Å². The maximum Gasteiger partial charge on any atom is 0.250 e. The van der Waals surface area contributed by atoms with Crippen molar-refractivity contribution < 1.29 is 14.3 Å². The second kappa shape index (κ2) is 8.49. The summed E-state index contributed by atoms with van der Waals surface area (Å²) >= 11 is 0. The topological polar surface area (TPSA) is 50.8 Å². The predicted molar refractivity (Wildman–Crippen MR) is 95.5 cm³/mol. The molecule has 0 unspecified atom stereocenters. The van der Waals surface area contributed by atoms with Gasteiger partial charge in [0.25, 0.3) is 0 Å². The first-order valence-electron chi connectivity index (χ1n) is 9.05. The number of amides is 1. The normalized spacial score (nSPS) is 21.9. The number of nitrogens with one attached hydrogen (secondary N) is 1. The molecule has 0 spiro atoms. The number of anilines is 2. The van der Waals surface area contributed by atoms with Gasteiger partial charge in [0, 0.05) is 31.1 Å². The Labute approximate surface area is 144 Å². The van der Waals surface area contributed by atoms with Crippen molar-refractivity contribution in [3.8, 4) is 0 Å². The van der Waals surface area contributed by atoms with Crippen molar-refractivity contribution in [1.82, 2.24) is 0 Å². The molecule has 2 saturated heterocycles. The molecule has 0 radical (unpaired) electrons. The smallest absolute Gasteiger partial charge is 0.250 e. The SMILES string of the molecule is CC1CCN(c2ccc(NC(=O)COC[C@H]3CCCO3)cc2)CC1. The summed E-state index contributed by atoms with van der Waals surface area (Å²) in [6.07, 6.45) is 4.77. The van der Waals surface area contributed by atoms with Gasteiger partial charge in [0.15, 0.2) is 0 Å². The van der Waals surface area contributed by atoms with E-state index >= 15 is 0 Å². The number of hydrogen-bond acceptors (Lipinski definition) is 4. The lowest BCUT2D eigenvalue weighted by molar-refractivity contribution is -0.121. The first-order valence-corrected chi connectivity index (χ1v) is 9.05. The fourth-order valence-corrected chi connectivity index (χ4v) is 3.28. The average Bonchev–Trinajstić information content (AvgIpc) is 3.10. The molecular formula is C19H28N2O3. The van der Waals surface area contributed by atoms with E-state index in [4.69, 9.17) is 9.47 Å². The molecule has 0 aliphatic carbocycles. The molecule has 1 atom stereocenters. The van der Waals surface area contributed by atoms with Crippen LogP contribution in [-0.2, 0) is 14.3 Å². The van der Waals surface area contributed by atoms with Crippen LogP contribution in [0.2, 0.25) is 0 Å². The highest BCUT2D eigenvalue weighted by Gasteiger charge is 2.17. The Hall–Kier alpha value is -1.59. The van der Waals surface area contributed by atoms with Gasteiger partial charge >= 0.3 is 0 Å². The molecule has 1 amide bonds. The van der Waals surface area contributed by atoms with Gasteiger partial charge in [-0.15, -0.1) is 0 Å². The number of hydrogen-bond donors (Lipinski definition) is 1. The van der Waals surface area contributed by atoms with Crippen LogP contribution in [-0.4, -0.2) is 44.9 Å². The molecule has 5 nitrogen and oxygen atoms in total. The molecule has 2 fully saturated rings. The van der Waals surface area contributed by atoms with Crippen LogP contribution in [0.3, 0.4) is 0 Å². The number of rotatable bonds is 6. The third-order valence-corrected chi connectivity index (χ3v) is 4.86. The third kappa shape index (κ3) is 4.95. The van der Waals surface area contributed by atoms with Gasteiger partial charge in [-0.1, -0.05) is 6.92 Å². The molecule has 24 heavy (non-hydrogen) atoms. The monoisotopic (exact) mass is 332 g/mol. The van der Waals surface area contributed by atoms with E-state index in [0.717, 1.165) is 44.1 Å². The molecule has 2 aliphatic heterocycles. The zero-order valence-electron chi connectivity index (χ0n) is 14.5. The quantitative estimate of drug-likeness (QED) is 0.870. The molecule has 1 aromatic carbocycles. The molecular weight excluding hydrogens is 304 g/mol. The Bertz CT molecular complexity index is 518. The lowest BCUT2D eigenvalue weighted by Crippen LogP contribution is -2.32. The molecule has 3 rings (SSSR count). The van der Waals surface area contributed by atoms with Crippen LogP contribution < -0.4 is 10.2 Å². The van der Waals surface area contributed by atoms with Crippen molar-refractivity contribution in [3.63, 3.8) is 0 Å². The van der Waals surface area contributed by atoms with Crippen LogP contribution in [0, 0.1) is 5.92 Å². The molecule has 2 aliphatic rings. The Morgan fingerprint density at radius 1 is 1.25 bits per heavy atom. The molecule has 0 bridgehead atoms. The van der Waals surface area contributed by atoms with E-state index < -0.39 is 0 Å². The molecule has 1 aromatic rings. The molecule has 1 N–H and O–H groups in total. The zero-order valence-corrected chi connectivity index (χ0v) is 14.5. The van der Waals surface area contributed by atoms with Gasteiger partial charge < -0.3 is 19.7 Å². The van der Waals surface area contributed by atoms with Crippen LogP contribution in [0.1, 0.15) is 32.6 Å². The number of nitrogens with zero attached hydrogens (tertiary/aromatic N) is 1. The Morgan fingerprint density at radius 2 is 2.00 bits per heavy atom. The minimum absolute atomic E-state index is 0.0750. The fraction of sp³-hybridized carbons (Fsp3) is 0.632. The fourth-order valence-electron chi connectivity index (χ4n) is 3.28. The van der Waals surface area contributed by atoms with E-state index in [9.17, 15) is 4.79 Å². The van der Waals surface area contributed by atoms with E-state index in [1.165, 1.54) is 18.5 Å². The van der Waals surface area contributed by atoms with Crippen LogP contribution in [0.15, 0.2) is 24.3 Å². The summed E-state index contributed by atoms with van der Waals surface area (Å²) in [5, 5.41) is 2.88. The van der Waals surface area contributed by atoms with E-state index in [2.05, 4.69) is 29.3 Å². The molecule has 0 aromatic heterocycles. The molecule has 2 heterocycles. The molecule has 132 valence electrons. The Morgan fingerprint density at radius 3 is 2.67 bits per heavy atom. The average molecular weight is 332 g/mol. The van der Waals surface area contributed by atoms with Crippen molar-refractivity contribution in [2.75, 3.05) is 43.1 Å². The maximum atomic E-state index is 11.9. The lowest BCUT2D eigenvalue weighted by Gasteiger charge is -2.32. The van der Waals surface area contributed by atoms with Gasteiger partial charge in [0.1, 0.15) is 6.61 Å². The lowest BCUT2D eigenvalue weighted by atomic mass is 9.99. The van der Waals surface area contributed by atoms with E-state index in [1.54, 1.807) is 0 Å². The first-order chi connectivity index (χ1) is 11.7. The number of carbonyl (C=O) groups is 1. The van der Waals surface area contributed by atoms with Crippen molar-refractivity contribution >= 4 is 17.3 Å². The van der Waals surface area contributed by atoms with E-state index in [1.807, 2.05) is 12.1 Å². The summed E-state index contributed by atoms with van der Waals surface area (Å²) in [7, 11) is 0. The van der Waals surface area contributed by atoms with Gasteiger partial charge in [0.2, 0.25) is 5.91 Å². The third-order valence-electron chi connectivity index (χ3n) is 4.86. The highest BCUT2D eigenvalue weighted by atomic mass is 16.5. The second-order valence-corrected chi connectivity index (χ2v) is 6.91. The summed E-state index contributed by atoms with van der Waals surface area (Å²) in [6.45, 7) is 5.93. The summed E-state index contributed by atoms with van der Waals surface area (Å²) in [5.41, 5.74) is 2.05. The van der Waals surface area contributed by atoms with Gasteiger partial charge in [-0.3, -0.25) is 4.79 Å². The van der Waals surface area contributed by atoms with Crippen molar-refractivity contribution in [2.45, 2.75) is 38.7 Å². The minimum atomic E-state index is -0.118. The Kier molecular flexibility index (Phi) is 6.10. The minimum Gasteiger partial charge on any atom is -0.376 e. The van der Waals surface area contributed by atoms with Gasteiger partial charge in [-0.05, 0) is 55.9 Å². The zero-order chi connectivity index (χ0) is 16.8. The first kappa shape index (κ1) is 17.2. The number of benzene rings is 1. The van der Waals surface area contributed by atoms with Gasteiger partial charge in [-0.2, -0.15) is 0 Å². The number of piperidine rings is 1. The van der Waals surface area contributed by atoms with E-state index in [0.29, 0.717) is 6.61 Å². The summed E-state index contributed by atoms with van der Waals surface area (Å²) < 4.78 is 10.9. The van der Waals surface area contributed by atoms with Crippen LogP contribution in [0.4, 0.5) is 11.4 Å². The summed E-state index contributed by atoms with van der Waals surface area (Å²) in [5.74, 6) is 0.710. The van der Waals surface area contributed by atoms with Gasteiger partial charge in [-0.25, -0.2) is 0 Å². The molecule has 5 heteroatoms. The predicted octanol–water partition coefficient (Wildman–Crippen LogP) is 3.06. The standard InChI is InChI=1S/C19H28N2O3/c1-15-8-10-21(11-9-15)17-6-4-16(5-7-17)20-19(22)14-23-13-18-3-2-12-24-18/h4-7,15,18H,2-3,8-14H2,1H3,(H,20,22)/t18-/m1/s1. The largest absolute Gasteiger partial charge is 0.376 e. The van der Waals surface area contributed by atoms with Crippen molar-refractivity contribution in [1.29, 1.82) is 0 Å². The molecule has 0 saturated carbocycles. The van der Waals surface area contributed by atoms with Crippen molar-refractivity contribution in [3.05, 3.63) is 24.3 Å². The second-order valence-electron chi connectivity index (χ2n) is 6.91. The van der Waals surface area contributed by atoms with Crippen molar-refractivity contribution in [2.24, 2.45) is 5.92 Å².